The van der Waals surface area contributed by atoms with E-state index in [-0.39, 0.29) is 11.9 Å². The summed E-state index contributed by atoms with van der Waals surface area (Å²) in [6, 6.07) is 4.06. The molecule has 8 nitrogen and oxygen atoms in total. The molecular formula is C23H25F3N8. The van der Waals surface area contributed by atoms with Gasteiger partial charge < -0.3 is 15.1 Å². The zero-order chi connectivity index (χ0) is 23.4. The fraction of sp³-hybridized carbons (Fsp3) is 0.478. The number of aromatic nitrogens is 5. The van der Waals surface area contributed by atoms with Crippen LogP contribution in [0.1, 0.15) is 25.0 Å². The van der Waals surface area contributed by atoms with Gasteiger partial charge in [0.05, 0.1) is 5.69 Å². The van der Waals surface area contributed by atoms with Gasteiger partial charge in [0.1, 0.15) is 6.33 Å². The molecule has 4 heterocycles. The number of hydrogen-bond acceptors (Lipinski definition) is 7. The number of benzene rings is 1. The van der Waals surface area contributed by atoms with Crippen molar-refractivity contribution in [1.82, 2.24) is 24.7 Å². The van der Waals surface area contributed by atoms with Crippen LogP contribution in [0.15, 0.2) is 24.5 Å². The molecular weight excluding hydrogens is 445 g/mol. The maximum absolute atomic E-state index is 14.6. The van der Waals surface area contributed by atoms with Crippen LogP contribution in [0.5, 0.6) is 0 Å². The van der Waals surface area contributed by atoms with E-state index >= 15 is 0 Å². The third-order valence-electron chi connectivity index (χ3n) is 7.23. The maximum Gasteiger partial charge on any atom is 0.244 e. The molecule has 0 radical (unpaired) electrons. The summed E-state index contributed by atoms with van der Waals surface area (Å²) in [4.78, 5) is 16.7. The van der Waals surface area contributed by atoms with E-state index in [1.165, 1.54) is 12.4 Å². The number of fused-ring (bicyclic) bond motifs is 3. The van der Waals surface area contributed by atoms with Crippen LogP contribution in [0.2, 0.25) is 0 Å². The van der Waals surface area contributed by atoms with Gasteiger partial charge in [-0.1, -0.05) is 0 Å². The molecule has 1 aromatic carbocycles. The number of halogens is 3. The topological polar surface area (TPSA) is 75.0 Å². The summed E-state index contributed by atoms with van der Waals surface area (Å²) in [7, 11) is 0. The molecule has 0 unspecified atom stereocenters. The molecule has 3 atom stereocenters. The van der Waals surface area contributed by atoms with Crippen LogP contribution in [0, 0.1) is 36.2 Å². The number of nitrogens with one attached hydrogen (secondary N) is 1. The summed E-state index contributed by atoms with van der Waals surface area (Å²) in [5, 5.41) is 8.18. The molecule has 1 N–H and O–H groups in total. The van der Waals surface area contributed by atoms with Crippen molar-refractivity contribution in [3.63, 3.8) is 0 Å². The summed E-state index contributed by atoms with van der Waals surface area (Å²) < 4.78 is 43.7. The second-order valence-electron chi connectivity index (χ2n) is 9.33. The number of rotatable bonds is 4. The minimum atomic E-state index is -0.883. The van der Waals surface area contributed by atoms with Crippen LogP contribution in [0.25, 0.3) is 0 Å². The van der Waals surface area contributed by atoms with Crippen LogP contribution in [0.3, 0.4) is 0 Å². The summed E-state index contributed by atoms with van der Waals surface area (Å²) in [5.74, 6) is 0.0451. The summed E-state index contributed by atoms with van der Waals surface area (Å²) >= 11 is 0. The van der Waals surface area contributed by atoms with E-state index in [0.717, 1.165) is 25.3 Å². The van der Waals surface area contributed by atoms with Crippen molar-refractivity contribution in [2.45, 2.75) is 38.8 Å². The Labute approximate surface area is 194 Å². The van der Waals surface area contributed by atoms with E-state index in [2.05, 4.69) is 20.4 Å². The number of aryl methyl sites for hydroxylation is 2. The fourth-order valence-electron chi connectivity index (χ4n) is 5.57. The SMILES string of the molecule is Cc1ncnc(N2C[C@H]3CC[C@@H](C2)[C@@H]3Nc2nc3n(n2)CCCN3c2ccc(F)c(F)c2)c1F. The van der Waals surface area contributed by atoms with Crippen molar-refractivity contribution in [2.24, 2.45) is 11.8 Å². The van der Waals surface area contributed by atoms with Gasteiger partial charge in [0, 0.05) is 44.0 Å². The Bertz CT molecular complexity index is 1220. The molecule has 2 fully saturated rings. The summed E-state index contributed by atoms with van der Waals surface area (Å²) in [5.41, 5.74) is 0.908. The smallest absolute Gasteiger partial charge is 0.244 e. The molecule has 178 valence electrons. The van der Waals surface area contributed by atoms with Gasteiger partial charge in [-0.3, -0.25) is 0 Å². The molecule has 34 heavy (non-hydrogen) atoms. The van der Waals surface area contributed by atoms with Gasteiger partial charge in [-0.2, -0.15) is 4.98 Å². The molecule has 1 saturated carbocycles. The molecule has 2 aromatic heterocycles. The van der Waals surface area contributed by atoms with E-state index in [4.69, 9.17) is 4.98 Å². The maximum atomic E-state index is 14.6. The average molecular weight is 471 g/mol. The lowest BCUT2D eigenvalue weighted by Crippen LogP contribution is -2.48. The second kappa shape index (κ2) is 8.14. The highest BCUT2D eigenvalue weighted by Gasteiger charge is 2.43. The lowest BCUT2D eigenvalue weighted by Gasteiger charge is -2.38. The molecule has 0 spiro atoms. The van der Waals surface area contributed by atoms with E-state index < -0.39 is 11.6 Å². The first-order valence-electron chi connectivity index (χ1n) is 11.6. The Hall–Kier alpha value is -3.37. The molecule has 3 aliphatic rings. The lowest BCUT2D eigenvalue weighted by atomic mass is 9.92. The van der Waals surface area contributed by atoms with Gasteiger partial charge in [-0.05, 0) is 50.2 Å². The Morgan fingerprint density at radius 2 is 1.79 bits per heavy atom. The first-order chi connectivity index (χ1) is 16.5. The Morgan fingerprint density at radius 1 is 1.00 bits per heavy atom. The third-order valence-corrected chi connectivity index (χ3v) is 7.23. The molecule has 1 aliphatic carbocycles. The second-order valence-corrected chi connectivity index (χ2v) is 9.33. The van der Waals surface area contributed by atoms with Gasteiger partial charge in [0.2, 0.25) is 11.9 Å². The number of nitrogens with zero attached hydrogens (tertiary/aromatic N) is 7. The predicted octanol–water partition coefficient (Wildman–Crippen LogP) is 3.66. The van der Waals surface area contributed by atoms with Crippen molar-refractivity contribution in [2.75, 3.05) is 34.8 Å². The Balaban J connectivity index is 1.21. The number of anilines is 4. The Kier molecular flexibility index (Phi) is 5.07. The minimum absolute atomic E-state index is 0.184. The highest BCUT2D eigenvalue weighted by molar-refractivity contribution is 5.59. The summed E-state index contributed by atoms with van der Waals surface area (Å²) in [6.45, 7) is 4.42. The third kappa shape index (κ3) is 3.54. The predicted molar refractivity (Wildman–Crippen MR) is 121 cm³/mol. The van der Waals surface area contributed by atoms with Gasteiger partial charge in [-0.25, -0.2) is 27.8 Å². The molecule has 3 aromatic rings. The van der Waals surface area contributed by atoms with Gasteiger partial charge in [0.15, 0.2) is 23.3 Å². The highest BCUT2D eigenvalue weighted by Crippen LogP contribution is 2.40. The van der Waals surface area contributed by atoms with Gasteiger partial charge in [-0.15, -0.1) is 5.10 Å². The highest BCUT2D eigenvalue weighted by atomic mass is 19.2. The minimum Gasteiger partial charge on any atom is -0.353 e. The monoisotopic (exact) mass is 470 g/mol. The van der Waals surface area contributed by atoms with Crippen molar-refractivity contribution in [1.29, 1.82) is 0 Å². The average Bonchev–Trinajstić information content (AvgIpc) is 3.33. The Morgan fingerprint density at radius 3 is 2.56 bits per heavy atom. The quantitative estimate of drug-likeness (QED) is 0.624. The van der Waals surface area contributed by atoms with Crippen LogP contribution < -0.4 is 15.1 Å². The normalized spacial score (nSPS) is 23.8. The largest absolute Gasteiger partial charge is 0.353 e. The van der Waals surface area contributed by atoms with Crippen LogP contribution in [0.4, 0.5) is 36.6 Å². The fourth-order valence-corrected chi connectivity index (χ4v) is 5.57. The lowest BCUT2D eigenvalue weighted by molar-refractivity contribution is 0.371. The van der Waals surface area contributed by atoms with Crippen LogP contribution in [-0.2, 0) is 6.54 Å². The van der Waals surface area contributed by atoms with Crippen molar-refractivity contribution >= 4 is 23.4 Å². The van der Waals surface area contributed by atoms with Gasteiger partial charge >= 0.3 is 0 Å². The van der Waals surface area contributed by atoms with Crippen molar-refractivity contribution < 1.29 is 13.2 Å². The first-order valence-corrected chi connectivity index (χ1v) is 11.6. The standard InChI is InChI=1S/C23H25F3N8/c1-13-19(26)21(28-12-27-13)32-10-14-3-4-15(11-32)20(14)29-22-30-23-33(7-2-8-34(23)31-22)16-5-6-17(24)18(25)9-16/h5-6,9,12,14-15,20H,2-4,7-8,10-11H2,1H3,(H,29,31)/t14-,15+,20-. The molecule has 2 bridgehead atoms. The van der Waals surface area contributed by atoms with Gasteiger partial charge in [0.25, 0.3) is 0 Å². The summed E-state index contributed by atoms with van der Waals surface area (Å²) in [6.07, 6.45) is 4.32. The van der Waals surface area contributed by atoms with E-state index in [1.807, 2.05) is 14.5 Å². The first kappa shape index (κ1) is 21.2. The molecule has 11 heteroatoms. The van der Waals surface area contributed by atoms with Crippen LogP contribution >= 0.6 is 0 Å². The zero-order valence-corrected chi connectivity index (χ0v) is 18.8. The van der Waals surface area contributed by atoms with Crippen molar-refractivity contribution in [3.8, 4) is 0 Å². The van der Waals surface area contributed by atoms with Crippen LogP contribution in [-0.4, -0.2) is 50.4 Å². The number of hydrogen-bond donors (Lipinski definition) is 1. The molecule has 2 aliphatic heterocycles. The van der Waals surface area contributed by atoms with Crippen molar-refractivity contribution in [3.05, 3.63) is 47.7 Å². The molecule has 1 saturated heterocycles. The van der Waals surface area contributed by atoms with E-state index in [1.54, 1.807) is 13.0 Å². The molecule has 0 amide bonds. The number of piperidine rings is 1. The molecule has 6 rings (SSSR count). The zero-order valence-electron chi connectivity index (χ0n) is 18.8. The van der Waals surface area contributed by atoms with E-state index in [0.29, 0.717) is 67.1 Å². The van der Waals surface area contributed by atoms with E-state index in [9.17, 15) is 13.2 Å².